The first-order valence-corrected chi connectivity index (χ1v) is 39.0. The minimum absolute atomic E-state index is 0. The van der Waals surface area contributed by atoms with Gasteiger partial charge in [0.1, 0.15) is 40.8 Å². The van der Waals surface area contributed by atoms with Crippen LogP contribution in [-0.4, -0.2) is 136 Å². The topological polar surface area (TPSA) is 308 Å². The molecule has 0 aromatic heterocycles. The summed E-state index contributed by atoms with van der Waals surface area (Å²) in [5.41, 5.74) is 8.26. The summed E-state index contributed by atoms with van der Waals surface area (Å²) in [6, 6.07) is 47.8. The maximum atomic E-state index is 14.3. The average Bonchev–Trinajstić information content (AvgIpc) is 1.54. The molecule has 3 fully saturated rings. The Labute approximate surface area is 611 Å². The SMILES string of the molecule is C.CC(C)(C)OC(=O)N1CC[C@@H]2c3ccccc3N(S(=O)(=O)c3ccccc3)[C@@H]21.CC(C)(C)OC(=O)N1CC[C@]2(Br)c3ccccc3N(S(=O)(=O)c3ccccc3)[C@H]12.CC(C)(C)OC(=O)N1CC[C@]2(NS(=O)(=O)Oc3c(F)cccc3F)c3ccccc3N(S(=O)(=O)c3ccccc3)[C@H]12.CN.CN. The zero-order chi connectivity index (χ0) is 74.9. The van der Waals surface area contributed by atoms with Crippen molar-refractivity contribution in [1.29, 1.82) is 0 Å². The number of ether oxygens (including phenoxy) is 3. The first-order valence-electron chi connectivity index (χ1n) is 32.5. The van der Waals surface area contributed by atoms with Crippen LogP contribution in [0.1, 0.15) is 112 Å². The number of nitrogens with two attached hydrogens (primary N) is 2. The van der Waals surface area contributed by atoms with Crippen LogP contribution >= 0.6 is 15.9 Å². The molecule has 3 amide bonds. The third kappa shape index (κ3) is 16.0. The van der Waals surface area contributed by atoms with E-state index in [4.69, 9.17) is 18.4 Å². The fourth-order valence-electron chi connectivity index (χ4n) is 13.2. The van der Waals surface area contributed by atoms with Gasteiger partial charge in [-0.05, 0) is 174 Å². The minimum atomic E-state index is -5.02. The summed E-state index contributed by atoms with van der Waals surface area (Å²) < 4.78 is 165. The number of fused-ring (bicyclic) bond motifs is 9. The predicted octanol–water partition coefficient (Wildman–Crippen LogP) is 12.4. The van der Waals surface area contributed by atoms with Crippen LogP contribution < -0.4 is 33.3 Å². The highest BCUT2D eigenvalue weighted by atomic mass is 79.9. The molecule has 0 aliphatic carbocycles. The molecule has 13 rings (SSSR count). The molecule has 6 atom stereocenters. The summed E-state index contributed by atoms with van der Waals surface area (Å²) in [7, 11) is -14.1. The summed E-state index contributed by atoms with van der Waals surface area (Å²) in [6.07, 6.45) is -3.59. The third-order valence-electron chi connectivity index (χ3n) is 16.9. The van der Waals surface area contributed by atoms with Crippen molar-refractivity contribution in [3.63, 3.8) is 0 Å². The number of rotatable bonds is 10. The monoisotopic (exact) mass is 1560 g/mol. The van der Waals surface area contributed by atoms with Crippen molar-refractivity contribution in [2.45, 2.75) is 155 Å². The van der Waals surface area contributed by atoms with Gasteiger partial charge in [0.2, 0.25) is 5.75 Å². The molecule has 0 bridgehead atoms. The Bertz CT molecular complexity index is 4680. The van der Waals surface area contributed by atoms with Crippen molar-refractivity contribution >= 4 is 91.6 Å². The molecule has 6 aliphatic rings. The van der Waals surface area contributed by atoms with Gasteiger partial charge in [0.05, 0.1) is 36.1 Å². The summed E-state index contributed by atoms with van der Waals surface area (Å²) in [4.78, 5) is 43.7. The van der Waals surface area contributed by atoms with Gasteiger partial charge in [0, 0.05) is 31.1 Å². The standard InChI is InChI=1S/C27H27F2N3O7S2.C21H23BrN2O4S.C21H24N2O4S.2CH5N.CH4/c1-26(2,3)38-25(33)31-17-16-27(30-41(36,37)39-23-20(28)13-9-14-21(23)29)19-12-7-8-15-22(19)32(24(27)31)40(34,35)18-10-5-4-6-11-18;1-20(2,3)28-19(25)23-14-13-21(22)16-11-7-8-12-17(16)24(18(21)23)29(26,27)15-9-5-4-6-10-15;1-21(2,3)27-20(24)22-14-13-17-16-11-7-8-12-18(16)23(19(17)22)28(25,26)15-9-5-4-6-10-15;2*1-2;/h4-15,24,30H,16-17H2,1-3H3;4-12,18H,13-14H2,1-3H3;4-12,17,19H,13-14H2,1-3H3;2*2H2,1H3;1H4/t24-,27-;18-,21-;17-,19+;;;/m001.../s1. The van der Waals surface area contributed by atoms with Gasteiger partial charge in [0.15, 0.2) is 11.6 Å². The number of hydrogen-bond acceptors (Lipinski definition) is 17. The molecule has 0 spiro atoms. The minimum Gasteiger partial charge on any atom is -0.444 e. The fraction of sp³-hybridized carbons (Fsp3) is 0.375. The van der Waals surface area contributed by atoms with Crippen molar-refractivity contribution in [2.75, 3.05) is 46.6 Å². The van der Waals surface area contributed by atoms with Gasteiger partial charge in [-0.15, -0.1) is 0 Å². The number of halogens is 3. The van der Waals surface area contributed by atoms with Crippen LogP contribution in [0.15, 0.2) is 197 Å². The van der Waals surface area contributed by atoms with Crippen molar-refractivity contribution in [3.05, 3.63) is 210 Å². The Balaban J connectivity index is 0.000000195. The highest BCUT2D eigenvalue weighted by Crippen LogP contribution is 2.58. The molecule has 6 heterocycles. The third-order valence-corrected chi connectivity index (χ3v) is 24.5. The number of benzene rings is 7. The number of hydrogen-bond donors (Lipinski definition) is 3. The van der Waals surface area contributed by atoms with E-state index in [-0.39, 0.29) is 52.2 Å². The second-order valence-corrected chi connectivity index (χ2v) is 35.2. The van der Waals surface area contributed by atoms with E-state index in [1.165, 1.54) is 64.0 Å². The van der Waals surface area contributed by atoms with Crippen LogP contribution in [0, 0.1) is 11.6 Å². The molecule has 3 saturated heterocycles. The quantitative estimate of drug-likeness (QED) is 0.0846. The van der Waals surface area contributed by atoms with Crippen LogP contribution in [0.3, 0.4) is 0 Å². The zero-order valence-electron chi connectivity index (χ0n) is 58.1. The Hall–Kier alpha value is -8.43. The van der Waals surface area contributed by atoms with Crippen LogP contribution in [-0.2, 0) is 64.4 Å². The molecule has 556 valence electrons. The van der Waals surface area contributed by atoms with Crippen molar-refractivity contribution < 1.29 is 75.2 Å². The van der Waals surface area contributed by atoms with Gasteiger partial charge in [-0.2, -0.15) is 13.1 Å². The van der Waals surface area contributed by atoms with Gasteiger partial charge in [-0.3, -0.25) is 14.7 Å². The zero-order valence-corrected chi connectivity index (χ0v) is 63.0. The number of likely N-dealkylation sites (tertiary alicyclic amines) is 3. The van der Waals surface area contributed by atoms with Gasteiger partial charge in [0.25, 0.3) is 30.1 Å². The number of carbonyl (C=O) groups is 3. The molecular formula is C72H88BrF2N9O15S4. The normalized spacial score (nSPS) is 20.7. The molecule has 0 unspecified atom stereocenters. The van der Waals surface area contributed by atoms with E-state index in [0.717, 1.165) is 38.5 Å². The largest absolute Gasteiger partial charge is 0.444 e. The molecule has 7 aromatic rings. The maximum Gasteiger partial charge on any atom is 0.412 e. The number of anilines is 3. The van der Waals surface area contributed by atoms with Crippen LogP contribution in [0.4, 0.5) is 40.2 Å². The first-order chi connectivity index (χ1) is 47.9. The Kier molecular flexibility index (Phi) is 23.9. The number of nitrogens with one attached hydrogen (secondary N) is 1. The molecule has 0 saturated carbocycles. The molecule has 5 N–H and O–H groups in total. The van der Waals surface area contributed by atoms with Gasteiger partial charge in [-0.1, -0.05) is 139 Å². The van der Waals surface area contributed by atoms with Gasteiger partial charge in [-0.25, -0.2) is 61.3 Å². The Morgan fingerprint density at radius 3 is 1.30 bits per heavy atom. The summed E-state index contributed by atoms with van der Waals surface area (Å²) in [5.74, 6) is -3.74. The number of nitrogens with zero attached hydrogens (tertiary/aromatic N) is 6. The Morgan fingerprint density at radius 1 is 0.466 bits per heavy atom. The van der Waals surface area contributed by atoms with Crippen LogP contribution in [0.5, 0.6) is 5.75 Å². The fourth-order valence-corrected chi connectivity index (χ4v) is 20.6. The van der Waals surface area contributed by atoms with Crippen molar-refractivity contribution in [1.82, 2.24) is 19.4 Å². The lowest BCUT2D eigenvalue weighted by Crippen LogP contribution is -2.60. The first kappa shape index (κ1) is 80.3. The molecule has 7 aromatic carbocycles. The predicted molar refractivity (Wildman–Crippen MR) is 393 cm³/mol. The second-order valence-electron chi connectivity index (χ2n) is 27.0. The molecule has 24 nitrogen and oxygen atoms in total. The average molecular weight is 1570 g/mol. The molecule has 0 radical (unpaired) electrons. The number of alkyl halides is 1. The van der Waals surface area contributed by atoms with E-state index in [2.05, 4.69) is 32.1 Å². The number of amides is 3. The van der Waals surface area contributed by atoms with E-state index in [0.29, 0.717) is 37.3 Å². The van der Waals surface area contributed by atoms with E-state index in [1.54, 1.807) is 158 Å². The Morgan fingerprint density at radius 2 is 0.835 bits per heavy atom. The van der Waals surface area contributed by atoms with E-state index < -0.39 is 121 Å². The molecular weight excluding hydrogens is 1480 g/mol. The van der Waals surface area contributed by atoms with Crippen molar-refractivity contribution in [3.8, 4) is 5.75 Å². The summed E-state index contributed by atoms with van der Waals surface area (Å²) in [5, 5.41) is 0. The summed E-state index contributed by atoms with van der Waals surface area (Å²) in [6.45, 7) is 16.4. The van der Waals surface area contributed by atoms with E-state index in [1.807, 2.05) is 36.4 Å². The highest BCUT2D eigenvalue weighted by molar-refractivity contribution is 9.09. The lowest BCUT2D eigenvalue weighted by atomic mass is 9.90. The van der Waals surface area contributed by atoms with Gasteiger partial charge < -0.3 is 29.9 Å². The van der Waals surface area contributed by atoms with E-state index >= 15 is 0 Å². The van der Waals surface area contributed by atoms with Gasteiger partial charge >= 0.3 is 28.6 Å². The smallest absolute Gasteiger partial charge is 0.412 e. The number of carbonyl (C=O) groups excluding carboxylic acids is 3. The second kappa shape index (κ2) is 30.7. The molecule has 103 heavy (non-hydrogen) atoms. The van der Waals surface area contributed by atoms with E-state index in [9.17, 15) is 56.8 Å². The molecule has 6 aliphatic heterocycles. The molecule has 31 heteroatoms. The number of para-hydroxylation sites is 4. The maximum absolute atomic E-state index is 14.3. The van der Waals surface area contributed by atoms with Crippen molar-refractivity contribution in [2.24, 2.45) is 11.5 Å². The van der Waals surface area contributed by atoms with Crippen LogP contribution in [0.25, 0.3) is 0 Å². The highest BCUT2D eigenvalue weighted by Gasteiger charge is 2.65. The lowest BCUT2D eigenvalue weighted by molar-refractivity contribution is 0.0204. The lowest BCUT2D eigenvalue weighted by Gasteiger charge is -2.37. The van der Waals surface area contributed by atoms with Crippen LogP contribution in [0.2, 0.25) is 0 Å². The number of sulfonamides is 3. The summed E-state index contributed by atoms with van der Waals surface area (Å²) >= 11 is 3.81.